The van der Waals surface area contributed by atoms with Gasteiger partial charge >= 0.3 is 5.97 Å². The molecule has 3 aliphatic carbocycles. The first kappa shape index (κ1) is 20.5. The van der Waals surface area contributed by atoms with E-state index < -0.39 is 82.1 Å². The molecule has 5 N–H and O–H groups in total. The zero-order valence-corrected chi connectivity index (χ0v) is 17.3. The van der Waals surface area contributed by atoms with E-state index in [2.05, 4.69) is 0 Å². The minimum Gasteiger partial charge on any atom is -0.458 e. The molecule has 0 amide bonds. The van der Waals surface area contributed by atoms with Gasteiger partial charge in [-0.15, -0.1) is 0 Å². The van der Waals surface area contributed by atoms with E-state index in [1.54, 1.807) is 13.8 Å². The molecule has 4 fully saturated rings. The molecule has 0 radical (unpaired) electrons. The molecule has 12 atom stereocenters. The number of ketones is 1. The fourth-order valence-corrected chi connectivity index (χ4v) is 8.06. The van der Waals surface area contributed by atoms with Crippen LogP contribution in [0.4, 0.5) is 0 Å². The van der Waals surface area contributed by atoms with E-state index in [1.165, 1.54) is 19.9 Å². The van der Waals surface area contributed by atoms with Crippen LogP contribution in [-0.2, 0) is 19.1 Å². The maximum Gasteiger partial charge on any atom is 0.312 e. The van der Waals surface area contributed by atoms with Gasteiger partial charge in [0.1, 0.15) is 18.3 Å². The average molecular weight is 424 g/mol. The second-order valence-corrected chi connectivity index (χ2v) is 10.2. The lowest BCUT2D eigenvalue weighted by molar-refractivity contribution is -0.381. The molecule has 2 saturated heterocycles. The lowest BCUT2D eigenvalue weighted by Gasteiger charge is -2.71. The third-order valence-corrected chi connectivity index (χ3v) is 9.24. The minimum atomic E-state index is -2.21. The van der Waals surface area contributed by atoms with E-state index in [9.17, 15) is 35.1 Å². The van der Waals surface area contributed by atoms with Crippen molar-refractivity contribution in [2.75, 3.05) is 6.61 Å². The van der Waals surface area contributed by atoms with Crippen LogP contribution in [-0.4, -0.2) is 79.7 Å². The number of esters is 1. The van der Waals surface area contributed by atoms with Crippen LogP contribution in [0.15, 0.2) is 11.6 Å². The van der Waals surface area contributed by atoms with Gasteiger partial charge in [-0.25, -0.2) is 0 Å². The second kappa shape index (κ2) is 5.51. The number of aliphatic hydroxyl groups excluding tert-OH is 3. The van der Waals surface area contributed by atoms with E-state index in [0.29, 0.717) is 5.57 Å². The molecule has 0 aromatic carbocycles. The lowest BCUT2D eigenvalue weighted by Crippen LogP contribution is -2.85. The maximum absolute atomic E-state index is 12.7. The summed E-state index contributed by atoms with van der Waals surface area (Å²) in [6, 6.07) is 0. The Balaban J connectivity index is 1.87. The van der Waals surface area contributed by atoms with Crippen molar-refractivity contribution in [3.63, 3.8) is 0 Å². The Morgan fingerprint density at radius 3 is 2.40 bits per heavy atom. The summed E-state index contributed by atoms with van der Waals surface area (Å²) in [5.74, 6) is -7.68. The summed E-state index contributed by atoms with van der Waals surface area (Å²) in [6.07, 6.45) is -4.58. The molecule has 9 nitrogen and oxygen atoms in total. The fraction of sp³-hybridized carbons (Fsp3) is 0.810. The number of ether oxygens (including phenoxy) is 2. The lowest BCUT2D eigenvalue weighted by atomic mass is 9.35. The van der Waals surface area contributed by atoms with Gasteiger partial charge in [0.15, 0.2) is 11.6 Å². The Kier molecular flexibility index (Phi) is 3.78. The van der Waals surface area contributed by atoms with Crippen molar-refractivity contribution in [2.45, 2.75) is 63.5 Å². The average Bonchev–Trinajstić information content (AvgIpc) is 2.99. The Morgan fingerprint density at radius 2 is 1.77 bits per heavy atom. The fourth-order valence-electron chi connectivity index (χ4n) is 8.06. The van der Waals surface area contributed by atoms with Gasteiger partial charge in [0.05, 0.1) is 29.6 Å². The van der Waals surface area contributed by atoms with Gasteiger partial charge in [-0.1, -0.05) is 19.4 Å². The minimum absolute atomic E-state index is 0.308. The molecule has 2 aliphatic heterocycles. The monoisotopic (exact) mass is 424 g/mol. The van der Waals surface area contributed by atoms with Crippen molar-refractivity contribution in [2.24, 2.45) is 34.5 Å². The van der Waals surface area contributed by atoms with Gasteiger partial charge in [0, 0.05) is 23.2 Å². The van der Waals surface area contributed by atoms with Crippen LogP contribution >= 0.6 is 0 Å². The summed E-state index contributed by atoms with van der Waals surface area (Å²) in [6.45, 7) is 5.87. The van der Waals surface area contributed by atoms with Crippen LogP contribution in [0.3, 0.4) is 0 Å². The number of hydrogen-bond acceptors (Lipinski definition) is 9. The van der Waals surface area contributed by atoms with Crippen molar-refractivity contribution in [1.29, 1.82) is 0 Å². The summed E-state index contributed by atoms with van der Waals surface area (Å²) in [7, 11) is 0. The van der Waals surface area contributed by atoms with Crippen LogP contribution in [0.1, 0.15) is 27.7 Å². The molecule has 5 rings (SSSR count). The molecule has 0 aromatic heterocycles. The van der Waals surface area contributed by atoms with E-state index >= 15 is 0 Å². The topological polar surface area (TPSA) is 154 Å². The third kappa shape index (κ3) is 1.73. The van der Waals surface area contributed by atoms with Crippen LogP contribution in [0.25, 0.3) is 0 Å². The first-order valence-corrected chi connectivity index (χ1v) is 10.4. The van der Waals surface area contributed by atoms with Gasteiger partial charge in [-0.05, 0) is 19.9 Å². The second-order valence-electron chi connectivity index (χ2n) is 10.2. The van der Waals surface area contributed by atoms with Crippen LogP contribution in [0.2, 0.25) is 0 Å². The van der Waals surface area contributed by atoms with Crippen molar-refractivity contribution >= 4 is 11.8 Å². The smallest absolute Gasteiger partial charge is 0.312 e. The van der Waals surface area contributed by atoms with E-state index in [1.807, 2.05) is 0 Å². The summed E-state index contributed by atoms with van der Waals surface area (Å²) in [5, 5.41) is 57.2. The molecule has 30 heavy (non-hydrogen) atoms. The standard InChI is InChI=1S/C21H28O9/c1-7-5-10(22)14(25)18(4)11(7)12(23)15-19-6-29-21(28,17(18)19)13(24)8(2)20(19,27)9(3)16(26)30-15/h5,8-9,11-15,17,23-25,27-28H,6H2,1-4H3/t8-,9+,11+,12-,13-,14-,15+,17-,18-,19+,20+,21-/m0/s1. The summed E-state index contributed by atoms with van der Waals surface area (Å²) in [4.78, 5) is 25.4. The molecule has 1 spiro atoms. The SMILES string of the molecule is CC1=CC(=O)[C@H](O)[C@]2(C)[C@H]1[C@H](O)[C@H]1OC(=O)[C@@H](C)[C@]3(O)[C@@H](C)[C@H](O)[C@]4(O)OC[C@]13[C@@H]42. The van der Waals surface area contributed by atoms with Gasteiger partial charge < -0.3 is 35.0 Å². The molecule has 0 aromatic rings. The first-order valence-electron chi connectivity index (χ1n) is 10.4. The molecule has 9 heteroatoms. The van der Waals surface area contributed by atoms with Gasteiger partial charge in [0.2, 0.25) is 0 Å². The number of fused-ring (bicyclic) bond motifs is 1. The van der Waals surface area contributed by atoms with Crippen LogP contribution in [0.5, 0.6) is 0 Å². The Hall–Kier alpha value is -1.36. The highest BCUT2D eigenvalue weighted by Crippen LogP contribution is 2.75. The molecule has 5 aliphatic rings. The van der Waals surface area contributed by atoms with Crippen molar-refractivity contribution in [3.05, 3.63) is 11.6 Å². The highest BCUT2D eigenvalue weighted by molar-refractivity contribution is 5.96. The number of rotatable bonds is 0. The molecular formula is C21H28O9. The predicted octanol–water partition coefficient (Wildman–Crippen LogP) is -1.50. The Morgan fingerprint density at radius 1 is 1.13 bits per heavy atom. The molecular weight excluding hydrogens is 396 g/mol. The summed E-state index contributed by atoms with van der Waals surface area (Å²) >= 11 is 0. The van der Waals surface area contributed by atoms with Crippen LogP contribution < -0.4 is 0 Å². The van der Waals surface area contributed by atoms with Crippen molar-refractivity contribution in [1.82, 2.24) is 0 Å². The highest BCUT2D eigenvalue weighted by Gasteiger charge is 2.88. The quantitative estimate of drug-likeness (QED) is 0.292. The Labute approximate surface area is 173 Å². The number of aliphatic hydroxyl groups is 5. The third-order valence-electron chi connectivity index (χ3n) is 9.24. The normalized spacial score (nSPS) is 61.7. The van der Waals surface area contributed by atoms with Gasteiger partial charge in [0.25, 0.3) is 0 Å². The number of carbonyl (C=O) groups is 2. The highest BCUT2D eigenvalue weighted by atomic mass is 16.7. The van der Waals surface area contributed by atoms with Crippen LogP contribution in [0, 0.1) is 34.5 Å². The Bertz CT molecular complexity index is 886. The summed E-state index contributed by atoms with van der Waals surface area (Å²) < 4.78 is 11.4. The molecule has 2 saturated carbocycles. The molecule has 2 heterocycles. The van der Waals surface area contributed by atoms with E-state index in [4.69, 9.17) is 9.47 Å². The van der Waals surface area contributed by atoms with Crippen molar-refractivity contribution in [3.8, 4) is 0 Å². The molecule has 2 bridgehead atoms. The molecule has 0 unspecified atom stereocenters. The predicted molar refractivity (Wildman–Crippen MR) is 98.4 cm³/mol. The maximum atomic E-state index is 12.7. The van der Waals surface area contributed by atoms with E-state index in [-0.39, 0.29) is 6.61 Å². The number of carbonyl (C=O) groups excluding carboxylic acids is 2. The first-order chi connectivity index (χ1) is 13.8. The zero-order chi connectivity index (χ0) is 22.2. The van der Waals surface area contributed by atoms with Crippen molar-refractivity contribution < 1.29 is 44.6 Å². The van der Waals surface area contributed by atoms with Gasteiger partial charge in [-0.3, -0.25) is 9.59 Å². The number of hydrogen-bond donors (Lipinski definition) is 5. The van der Waals surface area contributed by atoms with E-state index in [0.717, 1.165) is 0 Å². The summed E-state index contributed by atoms with van der Waals surface area (Å²) in [5.41, 5.74) is -4.47. The largest absolute Gasteiger partial charge is 0.458 e. The van der Waals surface area contributed by atoms with Gasteiger partial charge in [-0.2, -0.15) is 0 Å². The molecule has 166 valence electrons. The zero-order valence-electron chi connectivity index (χ0n) is 17.3.